The Hall–Kier alpha value is -1.43. The van der Waals surface area contributed by atoms with Gasteiger partial charge in [-0.2, -0.15) is 0 Å². The molecule has 0 aliphatic carbocycles. The molecule has 1 saturated heterocycles. The quantitative estimate of drug-likeness (QED) is 0.863. The summed E-state index contributed by atoms with van der Waals surface area (Å²) in [4.78, 5) is 17.0. The van der Waals surface area contributed by atoms with Crippen molar-refractivity contribution in [1.29, 1.82) is 0 Å². The van der Waals surface area contributed by atoms with E-state index in [1.807, 2.05) is 35.2 Å². The molecule has 0 aromatic heterocycles. The molecule has 0 bridgehead atoms. The Morgan fingerprint density at radius 2 is 1.83 bits per heavy atom. The maximum Gasteiger partial charge on any atom is 0.225 e. The lowest BCUT2D eigenvalue weighted by Crippen LogP contribution is -2.59. The number of hydrogen-bond donors (Lipinski definition) is 1. The minimum atomic E-state index is -1.14. The van der Waals surface area contributed by atoms with E-state index < -0.39 is 5.60 Å². The Morgan fingerprint density at radius 1 is 1.25 bits per heavy atom. The number of hydrogen-bond acceptors (Lipinski definition) is 4. The highest BCUT2D eigenvalue weighted by atomic mass is 16.5. The van der Waals surface area contributed by atoms with E-state index in [0.717, 1.165) is 12.1 Å². The smallest absolute Gasteiger partial charge is 0.225 e. The lowest BCUT2D eigenvalue weighted by atomic mass is 9.91. The first-order chi connectivity index (χ1) is 11.3. The highest BCUT2D eigenvalue weighted by molar-refractivity contribution is 5.77. The van der Waals surface area contributed by atoms with Crippen molar-refractivity contribution in [3.8, 4) is 0 Å². The third kappa shape index (κ3) is 4.56. The summed E-state index contributed by atoms with van der Waals surface area (Å²) in [5.41, 5.74) is -0.365. The fourth-order valence-electron chi connectivity index (χ4n) is 3.50. The van der Waals surface area contributed by atoms with Gasteiger partial charge in [-0.15, -0.1) is 0 Å². The number of nitrogens with zero attached hydrogens (tertiary/aromatic N) is 2. The third-order valence-corrected chi connectivity index (χ3v) is 4.90. The van der Waals surface area contributed by atoms with Gasteiger partial charge in [0.05, 0.1) is 18.6 Å². The largest absolute Gasteiger partial charge is 0.385 e. The molecule has 1 heterocycles. The Labute approximate surface area is 145 Å². The number of benzene rings is 1. The molecule has 1 amide bonds. The fraction of sp³-hybridized carbons (Fsp3) is 0.632. The molecule has 5 nitrogen and oxygen atoms in total. The van der Waals surface area contributed by atoms with E-state index in [9.17, 15) is 9.90 Å². The van der Waals surface area contributed by atoms with Gasteiger partial charge >= 0.3 is 0 Å². The zero-order valence-electron chi connectivity index (χ0n) is 15.2. The van der Waals surface area contributed by atoms with Gasteiger partial charge in [0.1, 0.15) is 0 Å². The van der Waals surface area contributed by atoms with Crippen molar-refractivity contribution in [2.24, 2.45) is 0 Å². The first kappa shape index (κ1) is 18.9. The number of rotatable bonds is 6. The van der Waals surface area contributed by atoms with Crippen LogP contribution >= 0.6 is 0 Å². The van der Waals surface area contributed by atoms with Gasteiger partial charge in [0.15, 0.2) is 0 Å². The van der Waals surface area contributed by atoms with Crippen molar-refractivity contribution < 1.29 is 14.6 Å². The minimum Gasteiger partial charge on any atom is -0.385 e. The molecule has 1 aromatic carbocycles. The highest BCUT2D eigenvalue weighted by Gasteiger charge is 2.34. The molecular weight excluding hydrogens is 304 g/mol. The van der Waals surface area contributed by atoms with Crippen molar-refractivity contribution in [3.63, 3.8) is 0 Å². The van der Waals surface area contributed by atoms with Crippen LogP contribution in [0.1, 0.15) is 32.8 Å². The van der Waals surface area contributed by atoms with Crippen molar-refractivity contribution in [2.45, 2.75) is 44.9 Å². The summed E-state index contributed by atoms with van der Waals surface area (Å²) in [7, 11) is 1.71. The Balaban J connectivity index is 1.98. The van der Waals surface area contributed by atoms with Gasteiger partial charge in [-0.1, -0.05) is 30.3 Å². The number of amides is 1. The van der Waals surface area contributed by atoms with Gasteiger partial charge in [0, 0.05) is 38.8 Å². The average Bonchev–Trinajstić information content (AvgIpc) is 2.54. The standard InChI is InChI=1S/C19H30N2O3/c1-15-13-20(14-16(2)21(15)10-11-24-4)18(22)12-19(3,23)17-8-6-5-7-9-17/h5-9,15-16,23H,10-14H2,1-4H3/t15-,16+,19-/m0/s1. The van der Waals surface area contributed by atoms with Crippen LogP contribution in [0, 0.1) is 0 Å². The SMILES string of the molecule is COCCN1[C@H](C)CN(C(=O)C[C@](C)(O)c2ccccc2)C[C@@H]1C. The molecule has 1 aromatic rings. The van der Waals surface area contributed by atoms with Crippen LogP contribution in [0.2, 0.25) is 0 Å². The number of aliphatic hydroxyl groups is 1. The Morgan fingerprint density at radius 3 is 2.38 bits per heavy atom. The molecule has 0 saturated carbocycles. The van der Waals surface area contributed by atoms with Gasteiger partial charge in [-0.3, -0.25) is 9.69 Å². The lowest BCUT2D eigenvalue weighted by molar-refractivity contribution is -0.140. The summed E-state index contributed by atoms with van der Waals surface area (Å²) in [6.45, 7) is 8.95. The molecule has 1 aliphatic rings. The average molecular weight is 334 g/mol. The van der Waals surface area contributed by atoms with Crippen molar-refractivity contribution in [2.75, 3.05) is 33.4 Å². The number of carbonyl (C=O) groups excluding carboxylic acids is 1. The van der Waals surface area contributed by atoms with Crippen LogP contribution in [0.5, 0.6) is 0 Å². The van der Waals surface area contributed by atoms with E-state index in [1.165, 1.54) is 0 Å². The first-order valence-electron chi connectivity index (χ1n) is 8.65. The van der Waals surface area contributed by atoms with Crippen molar-refractivity contribution in [1.82, 2.24) is 9.80 Å². The molecule has 2 rings (SSSR count). The number of ether oxygens (including phenoxy) is 1. The number of methoxy groups -OCH3 is 1. The van der Waals surface area contributed by atoms with Crippen LogP contribution in [-0.4, -0.2) is 66.2 Å². The van der Waals surface area contributed by atoms with E-state index >= 15 is 0 Å². The molecule has 0 unspecified atom stereocenters. The minimum absolute atomic E-state index is 0.00828. The molecule has 0 radical (unpaired) electrons. The fourth-order valence-corrected chi connectivity index (χ4v) is 3.50. The van der Waals surface area contributed by atoms with E-state index in [2.05, 4.69) is 18.7 Å². The van der Waals surface area contributed by atoms with Crippen LogP contribution in [0.25, 0.3) is 0 Å². The van der Waals surface area contributed by atoms with Crippen molar-refractivity contribution >= 4 is 5.91 Å². The summed E-state index contributed by atoms with van der Waals surface area (Å²) >= 11 is 0. The second-order valence-corrected chi connectivity index (χ2v) is 7.04. The van der Waals surface area contributed by atoms with Gasteiger partial charge in [0.2, 0.25) is 5.91 Å². The summed E-state index contributed by atoms with van der Waals surface area (Å²) in [5.74, 6) is 0.00828. The monoisotopic (exact) mass is 334 g/mol. The molecule has 134 valence electrons. The molecule has 24 heavy (non-hydrogen) atoms. The van der Waals surface area contributed by atoms with Gasteiger partial charge in [-0.05, 0) is 26.3 Å². The lowest BCUT2D eigenvalue weighted by Gasteiger charge is -2.45. The van der Waals surface area contributed by atoms with Gasteiger partial charge in [0.25, 0.3) is 0 Å². The molecule has 1 fully saturated rings. The van der Waals surface area contributed by atoms with Crippen LogP contribution < -0.4 is 0 Å². The Bertz CT molecular complexity index is 521. The second-order valence-electron chi connectivity index (χ2n) is 7.04. The summed E-state index contributed by atoms with van der Waals surface area (Å²) in [6.07, 6.45) is 0.106. The predicted octanol–water partition coefficient (Wildman–Crippen LogP) is 1.85. The highest BCUT2D eigenvalue weighted by Crippen LogP contribution is 2.26. The zero-order valence-corrected chi connectivity index (χ0v) is 15.2. The molecule has 0 spiro atoms. The van der Waals surface area contributed by atoms with E-state index in [1.54, 1.807) is 14.0 Å². The Kier molecular flexibility index (Phi) is 6.38. The normalized spacial score (nSPS) is 24.6. The maximum absolute atomic E-state index is 12.7. The molecule has 1 aliphatic heterocycles. The molecule has 3 atom stereocenters. The van der Waals surface area contributed by atoms with Crippen molar-refractivity contribution in [3.05, 3.63) is 35.9 Å². The molecule has 1 N–H and O–H groups in total. The summed E-state index contributed by atoms with van der Waals surface area (Å²) in [6, 6.07) is 9.97. The van der Waals surface area contributed by atoms with Crippen LogP contribution in [0.4, 0.5) is 0 Å². The van der Waals surface area contributed by atoms with Crippen LogP contribution in [0.3, 0.4) is 0 Å². The molecular formula is C19H30N2O3. The number of carbonyl (C=O) groups is 1. The predicted molar refractivity (Wildman–Crippen MR) is 94.7 cm³/mol. The van der Waals surface area contributed by atoms with Gasteiger partial charge < -0.3 is 14.7 Å². The summed E-state index contributed by atoms with van der Waals surface area (Å²) < 4.78 is 5.18. The number of piperazine rings is 1. The van der Waals surface area contributed by atoms with E-state index in [0.29, 0.717) is 19.7 Å². The van der Waals surface area contributed by atoms with Crippen LogP contribution in [-0.2, 0) is 15.1 Å². The zero-order chi connectivity index (χ0) is 17.7. The first-order valence-corrected chi connectivity index (χ1v) is 8.65. The molecule has 5 heteroatoms. The third-order valence-electron chi connectivity index (χ3n) is 4.90. The van der Waals surface area contributed by atoms with Crippen LogP contribution in [0.15, 0.2) is 30.3 Å². The maximum atomic E-state index is 12.7. The van der Waals surface area contributed by atoms with Gasteiger partial charge in [-0.25, -0.2) is 0 Å². The van der Waals surface area contributed by atoms with E-state index in [-0.39, 0.29) is 24.4 Å². The van der Waals surface area contributed by atoms with E-state index in [4.69, 9.17) is 4.74 Å². The summed E-state index contributed by atoms with van der Waals surface area (Å²) in [5, 5.41) is 10.7. The second kappa shape index (κ2) is 8.10. The topological polar surface area (TPSA) is 53.0 Å².